The van der Waals surface area contributed by atoms with Crippen LogP contribution >= 0.6 is 0 Å². The van der Waals surface area contributed by atoms with Gasteiger partial charge in [-0.1, -0.05) is 51.5 Å². The molecule has 332 valence electrons. The number of hydrogen-bond donors (Lipinski definition) is 3. The van der Waals surface area contributed by atoms with Gasteiger partial charge in [-0.2, -0.15) is 0 Å². The van der Waals surface area contributed by atoms with E-state index in [1.165, 1.54) is 17.1 Å². The molecule has 4 heterocycles. The van der Waals surface area contributed by atoms with Gasteiger partial charge in [-0.25, -0.2) is 4.79 Å². The number of ether oxygens (including phenoxy) is 4. The van der Waals surface area contributed by atoms with Crippen LogP contribution in [0.1, 0.15) is 99.3 Å². The maximum Gasteiger partial charge on any atom is 0.410 e. The highest BCUT2D eigenvalue weighted by Crippen LogP contribution is 2.38. The number of allylic oxidation sites excluding steroid dienone is 2. The van der Waals surface area contributed by atoms with Crippen LogP contribution in [0.4, 0.5) is 4.79 Å². The van der Waals surface area contributed by atoms with Crippen LogP contribution in [0, 0.1) is 11.8 Å². The molecule has 0 radical (unpaired) electrons. The van der Waals surface area contributed by atoms with Gasteiger partial charge in [-0.3, -0.25) is 24.2 Å². The Hall–Kier alpha value is -3.40. The van der Waals surface area contributed by atoms with Crippen LogP contribution < -0.4 is 0 Å². The second-order valence-electron chi connectivity index (χ2n) is 18.0. The summed E-state index contributed by atoms with van der Waals surface area (Å²) in [5.41, 5.74) is -1.44. The number of aliphatic hydroxyl groups excluding tert-OH is 2. The molecule has 0 spiro atoms. The van der Waals surface area contributed by atoms with E-state index in [1.807, 2.05) is 40.7 Å². The fourth-order valence-corrected chi connectivity index (χ4v) is 8.31. The van der Waals surface area contributed by atoms with Crippen molar-refractivity contribution in [3.63, 3.8) is 0 Å². The molecule has 4 aliphatic rings. The summed E-state index contributed by atoms with van der Waals surface area (Å²) in [5.74, 6) is -1.38. The average molecular weight is 831 g/mol. The Morgan fingerprint density at radius 1 is 1.12 bits per heavy atom. The molecule has 0 aromatic heterocycles. The number of carbonyl (C=O) groups excluding carboxylic acids is 4. The van der Waals surface area contributed by atoms with E-state index < -0.39 is 47.7 Å². The van der Waals surface area contributed by atoms with Crippen LogP contribution in [-0.2, 0) is 33.3 Å². The predicted molar refractivity (Wildman–Crippen MR) is 223 cm³/mol. The third-order valence-electron chi connectivity index (χ3n) is 12.8. The lowest BCUT2D eigenvalue weighted by Crippen LogP contribution is -2.59. The van der Waals surface area contributed by atoms with E-state index >= 15 is 0 Å². The molecule has 1 unspecified atom stereocenters. The number of quaternary nitrogens is 1. The molecular formula is C45H72N3O11+. The van der Waals surface area contributed by atoms with Gasteiger partial charge in [-0.05, 0) is 70.9 Å². The summed E-state index contributed by atoms with van der Waals surface area (Å²) in [6.07, 6.45) is 13.0. The largest absolute Gasteiger partial charge is 0.457 e. The van der Waals surface area contributed by atoms with Crippen molar-refractivity contribution in [2.75, 3.05) is 53.4 Å². The van der Waals surface area contributed by atoms with E-state index in [2.05, 4.69) is 7.05 Å². The number of cyclic esters (lactones) is 1. The second-order valence-corrected chi connectivity index (χ2v) is 18.0. The predicted octanol–water partition coefficient (Wildman–Crippen LogP) is 4.61. The summed E-state index contributed by atoms with van der Waals surface area (Å²) >= 11 is 0. The van der Waals surface area contributed by atoms with Gasteiger partial charge in [0.1, 0.15) is 11.7 Å². The summed E-state index contributed by atoms with van der Waals surface area (Å²) in [6.45, 7) is 15.2. The van der Waals surface area contributed by atoms with Gasteiger partial charge >= 0.3 is 12.1 Å². The summed E-state index contributed by atoms with van der Waals surface area (Å²) in [4.78, 5) is 53.4. The molecule has 0 bridgehead atoms. The summed E-state index contributed by atoms with van der Waals surface area (Å²) in [5, 5.41) is 32.2. The normalized spacial score (nSPS) is 31.9. The number of epoxide rings is 1. The van der Waals surface area contributed by atoms with Crippen molar-refractivity contribution in [2.45, 2.75) is 147 Å². The lowest BCUT2D eigenvalue weighted by molar-refractivity contribution is -0.913. The Kier molecular flexibility index (Phi) is 17.5. The molecular weight excluding hydrogens is 759 g/mol. The highest BCUT2D eigenvalue weighted by atomic mass is 16.6. The van der Waals surface area contributed by atoms with Crippen molar-refractivity contribution >= 4 is 23.9 Å². The number of amides is 3. The van der Waals surface area contributed by atoms with E-state index in [0.717, 1.165) is 55.4 Å². The van der Waals surface area contributed by atoms with Crippen molar-refractivity contribution in [1.82, 2.24) is 9.80 Å². The van der Waals surface area contributed by atoms with Crippen LogP contribution in [0.5, 0.6) is 0 Å². The first-order valence-corrected chi connectivity index (χ1v) is 21.7. The average Bonchev–Trinajstić information content (AvgIpc) is 3.87. The van der Waals surface area contributed by atoms with E-state index in [9.17, 15) is 34.5 Å². The van der Waals surface area contributed by atoms with Crippen molar-refractivity contribution < 1.29 is 57.9 Å². The SMILES string of the molecule is CC[C@H](O)[C@@H](C)[C@H]1O[C@@H]1CC(C)(O)/C=C/C=C(\C)[C@H]1OC(=O)C[C@H](O)CC[C@@](C)(OC)[C@@H](OC(=O)N2CC[N+](C)(CCCCCCN3C(=O)C=CC3=O)CC2)/C=C/[C@@H]1C. The first-order valence-electron chi connectivity index (χ1n) is 21.7. The fourth-order valence-electron chi connectivity index (χ4n) is 8.31. The molecule has 0 aliphatic carbocycles. The zero-order valence-corrected chi connectivity index (χ0v) is 36.7. The molecule has 59 heavy (non-hydrogen) atoms. The lowest BCUT2D eigenvalue weighted by atomic mass is 9.88. The van der Waals surface area contributed by atoms with Crippen LogP contribution in [-0.4, -0.2) is 155 Å². The van der Waals surface area contributed by atoms with Gasteiger partial charge in [0.25, 0.3) is 11.8 Å². The quantitative estimate of drug-likeness (QED) is 0.0355. The van der Waals surface area contributed by atoms with Gasteiger partial charge in [0.05, 0.1) is 76.2 Å². The van der Waals surface area contributed by atoms with Crippen LogP contribution in [0.3, 0.4) is 0 Å². The summed E-state index contributed by atoms with van der Waals surface area (Å²) in [6, 6.07) is 0. The lowest BCUT2D eigenvalue weighted by Gasteiger charge is -2.42. The minimum Gasteiger partial charge on any atom is -0.457 e. The topological polar surface area (TPSA) is 176 Å². The van der Waals surface area contributed by atoms with Crippen molar-refractivity contribution in [3.05, 3.63) is 48.1 Å². The van der Waals surface area contributed by atoms with Crippen LogP contribution in [0.2, 0.25) is 0 Å². The maximum atomic E-state index is 13.7. The van der Waals surface area contributed by atoms with E-state index in [4.69, 9.17) is 18.9 Å². The molecule has 4 rings (SSSR count). The Bertz CT molecular complexity index is 1550. The van der Waals surface area contributed by atoms with Crippen LogP contribution in [0.25, 0.3) is 0 Å². The fraction of sp³-hybridized carbons (Fsp3) is 0.733. The number of carbonyl (C=O) groups is 4. The van der Waals surface area contributed by atoms with Gasteiger partial charge in [0.2, 0.25) is 0 Å². The van der Waals surface area contributed by atoms with Gasteiger partial charge < -0.3 is 38.8 Å². The first kappa shape index (κ1) is 48.3. The Morgan fingerprint density at radius 2 is 1.78 bits per heavy atom. The number of rotatable bonds is 17. The standard InChI is InChI=1S/C45H72N3O11/c1-9-35(50)33(4)42-36(57-42)30-44(5,55)21-14-15-31(2)41-32(3)16-17-37(45(6,56-8)22-20-34(49)29-40(53)59-41)58-43(54)46-24-27-48(7,28-25-46)26-13-11-10-12-23-47-38(51)18-19-39(47)52/h14-19,21,32-37,41-42,49-50,55H,9-13,20,22-30H2,1-8H3/q+1/b17-16+,21-14+,31-15+/t32-,33+,34+,35-,36+,37-,41+,42+,44?,45+/m0/s1. The van der Waals surface area contributed by atoms with Gasteiger partial charge in [0, 0.05) is 44.1 Å². The number of likely N-dealkylation sites (N-methyl/N-ethyl adjacent to an activating group) is 1. The second kappa shape index (κ2) is 21.4. The number of nitrogens with zero attached hydrogens (tertiary/aromatic N) is 3. The minimum absolute atomic E-state index is 0.0198. The Balaban J connectivity index is 1.36. The van der Waals surface area contributed by atoms with Crippen molar-refractivity contribution in [1.29, 1.82) is 0 Å². The molecule has 3 N–H and O–H groups in total. The number of imide groups is 1. The highest BCUT2D eigenvalue weighted by molar-refractivity contribution is 6.12. The maximum absolute atomic E-state index is 13.7. The molecule has 3 amide bonds. The van der Waals surface area contributed by atoms with Gasteiger partial charge in [0.15, 0.2) is 6.10 Å². The zero-order valence-electron chi connectivity index (χ0n) is 36.7. The Labute approximate surface area is 351 Å². The van der Waals surface area contributed by atoms with E-state index in [0.29, 0.717) is 38.9 Å². The summed E-state index contributed by atoms with van der Waals surface area (Å²) < 4.78 is 24.8. The molecule has 2 fully saturated rings. The van der Waals surface area contributed by atoms with Crippen molar-refractivity contribution in [3.8, 4) is 0 Å². The Morgan fingerprint density at radius 3 is 2.42 bits per heavy atom. The van der Waals surface area contributed by atoms with E-state index in [1.54, 1.807) is 43.2 Å². The molecule has 10 atom stereocenters. The zero-order chi connectivity index (χ0) is 43.5. The molecule has 14 heteroatoms. The number of methoxy groups -OCH3 is 1. The van der Waals surface area contributed by atoms with Gasteiger partial charge in [-0.15, -0.1) is 0 Å². The number of hydrogen-bond acceptors (Lipinski definition) is 11. The number of esters is 1. The molecule has 2 saturated heterocycles. The van der Waals surface area contributed by atoms with Crippen LogP contribution in [0.15, 0.2) is 48.1 Å². The molecule has 0 aromatic carbocycles. The minimum atomic E-state index is -1.17. The number of piperazine rings is 1. The molecule has 4 aliphatic heterocycles. The monoisotopic (exact) mass is 831 g/mol. The highest BCUT2D eigenvalue weighted by Gasteiger charge is 2.47. The molecule has 14 nitrogen and oxygen atoms in total. The van der Waals surface area contributed by atoms with Crippen molar-refractivity contribution in [2.24, 2.45) is 11.8 Å². The third kappa shape index (κ3) is 14.1. The molecule has 0 saturated carbocycles. The third-order valence-corrected chi connectivity index (χ3v) is 12.8. The van der Waals surface area contributed by atoms with E-state index in [-0.39, 0.29) is 48.7 Å². The molecule has 0 aromatic rings. The summed E-state index contributed by atoms with van der Waals surface area (Å²) in [7, 11) is 3.76. The smallest absolute Gasteiger partial charge is 0.410 e. The number of aliphatic hydroxyl groups is 3. The first-order chi connectivity index (χ1) is 27.8. The number of unbranched alkanes of at least 4 members (excludes halogenated alkanes) is 3.